The van der Waals surface area contributed by atoms with Crippen LogP contribution in [0, 0.1) is 5.92 Å². The Kier molecular flexibility index (Phi) is 9.32. The highest BCUT2D eigenvalue weighted by atomic mass is 16.5. The average molecular weight is 343 g/mol. The molecule has 25 heavy (non-hydrogen) atoms. The molecule has 140 valence electrons. The normalized spacial score (nSPS) is 21.5. The van der Waals surface area contributed by atoms with E-state index in [1.54, 1.807) is 5.56 Å². The van der Waals surface area contributed by atoms with Gasteiger partial charge in [-0.15, -0.1) is 0 Å². The van der Waals surface area contributed by atoms with Crippen molar-refractivity contribution in [1.29, 1.82) is 0 Å². The first kappa shape index (κ1) is 20.2. The van der Waals surface area contributed by atoms with Crippen LogP contribution in [0.4, 0.5) is 0 Å². The Bertz CT molecular complexity index is 491. The molecule has 0 radical (unpaired) electrons. The van der Waals surface area contributed by atoms with Crippen LogP contribution in [-0.2, 0) is 4.74 Å². The van der Waals surface area contributed by atoms with E-state index in [-0.39, 0.29) is 0 Å². The second-order valence-electron chi connectivity index (χ2n) is 7.63. The Balaban J connectivity index is 1.92. The molecule has 0 spiro atoms. The molecule has 1 aromatic rings. The Labute approximate surface area is 155 Å². The van der Waals surface area contributed by atoms with Gasteiger partial charge in [0.2, 0.25) is 0 Å². The third-order valence-corrected chi connectivity index (χ3v) is 5.61. The molecule has 1 saturated carbocycles. The maximum atomic E-state index is 5.69. The van der Waals surface area contributed by atoms with Crippen molar-refractivity contribution in [2.45, 2.75) is 84.5 Å². The fourth-order valence-electron chi connectivity index (χ4n) is 4.20. The second-order valence-corrected chi connectivity index (χ2v) is 7.63. The summed E-state index contributed by atoms with van der Waals surface area (Å²) in [6, 6.07) is 9.46. The van der Waals surface area contributed by atoms with Gasteiger partial charge >= 0.3 is 0 Å². The number of rotatable bonds is 10. The molecule has 0 aliphatic heterocycles. The van der Waals surface area contributed by atoms with Crippen molar-refractivity contribution in [2.24, 2.45) is 5.92 Å². The van der Waals surface area contributed by atoms with Crippen LogP contribution >= 0.6 is 0 Å². The number of hydrogen-bond acceptors (Lipinski definition) is 1. The van der Waals surface area contributed by atoms with Crippen LogP contribution in [0.2, 0.25) is 0 Å². The highest BCUT2D eigenvalue weighted by Crippen LogP contribution is 2.37. The van der Waals surface area contributed by atoms with Gasteiger partial charge in [-0.05, 0) is 73.5 Å². The smallest absolute Gasteiger partial charge is 0.0506 e. The number of benzene rings is 1. The van der Waals surface area contributed by atoms with Crippen LogP contribution < -0.4 is 0 Å². The first-order valence-corrected chi connectivity index (χ1v) is 10.7. The molecule has 1 aliphatic carbocycles. The first-order chi connectivity index (χ1) is 12.3. The Morgan fingerprint density at radius 1 is 0.960 bits per heavy atom. The molecule has 0 unspecified atom stereocenters. The fraction of sp³-hybridized carbons (Fsp3) is 0.667. The van der Waals surface area contributed by atoms with E-state index >= 15 is 0 Å². The molecule has 0 amide bonds. The summed E-state index contributed by atoms with van der Waals surface area (Å²) in [4.78, 5) is 0. The van der Waals surface area contributed by atoms with Gasteiger partial charge in [-0.3, -0.25) is 0 Å². The van der Waals surface area contributed by atoms with Gasteiger partial charge in [0.05, 0.1) is 6.61 Å². The third kappa shape index (κ3) is 6.62. The number of hydrogen-bond donors (Lipinski definition) is 0. The molecule has 1 aromatic carbocycles. The molecule has 0 aromatic heterocycles. The summed E-state index contributed by atoms with van der Waals surface area (Å²) in [6.07, 6.45) is 14.0. The van der Waals surface area contributed by atoms with Crippen molar-refractivity contribution in [3.05, 3.63) is 41.5 Å². The number of allylic oxidation sites excluding steroid dienone is 1. The second kappa shape index (κ2) is 11.5. The van der Waals surface area contributed by atoms with Crippen LogP contribution in [0.25, 0.3) is 5.57 Å². The van der Waals surface area contributed by atoms with Crippen LogP contribution in [0.3, 0.4) is 0 Å². The standard InChI is InChI=1S/C24H38O/c1-4-7-20-9-11-22(12-10-20)24-15-13-23(14-16-24)21(8-5-2)17-19-25-18-6-3/h8,13-16,20,22H,4-7,9-12,17-19H2,1-3H3/b21-8+. The first-order valence-electron chi connectivity index (χ1n) is 10.7. The highest BCUT2D eigenvalue weighted by Gasteiger charge is 2.21. The highest BCUT2D eigenvalue weighted by molar-refractivity contribution is 5.65. The topological polar surface area (TPSA) is 9.23 Å². The summed E-state index contributed by atoms with van der Waals surface area (Å²) >= 11 is 0. The maximum absolute atomic E-state index is 5.69. The molecule has 1 fully saturated rings. The summed E-state index contributed by atoms with van der Waals surface area (Å²) < 4.78 is 5.69. The van der Waals surface area contributed by atoms with Crippen LogP contribution in [0.5, 0.6) is 0 Å². The lowest BCUT2D eigenvalue weighted by molar-refractivity contribution is 0.140. The van der Waals surface area contributed by atoms with E-state index < -0.39 is 0 Å². The molecule has 1 heteroatoms. The van der Waals surface area contributed by atoms with Gasteiger partial charge in [-0.25, -0.2) is 0 Å². The SMILES string of the molecule is CC/C=C(\CCOCCC)c1ccc(C2CCC(CCC)CC2)cc1. The van der Waals surface area contributed by atoms with Crippen molar-refractivity contribution < 1.29 is 4.74 Å². The zero-order valence-electron chi connectivity index (χ0n) is 16.7. The predicted molar refractivity (Wildman–Crippen MR) is 110 cm³/mol. The lowest BCUT2D eigenvalue weighted by atomic mass is 9.77. The zero-order valence-corrected chi connectivity index (χ0v) is 16.7. The molecular formula is C24H38O. The predicted octanol–water partition coefficient (Wildman–Crippen LogP) is 7.37. The molecule has 0 bridgehead atoms. The molecule has 0 heterocycles. The van der Waals surface area contributed by atoms with E-state index in [4.69, 9.17) is 4.74 Å². The summed E-state index contributed by atoms with van der Waals surface area (Å²) in [5.74, 6) is 1.77. The van der Waals surface area contributed by atoms with Crippen molar-refractivity contribution in [3.63, 3.8) is 0 Å². The van der Waals surface area contributed by atoms with Crippen LogP contribution in [0.1, 0.15) is 95.6 Å². The van der Waals surface area contributed by atoms with Gasteiger partial charge in [0, 0.05) is 6.61 Å². The van der Waals surface area contributed by atoms with E-state index in [2.05, 4.69) is 51.1 Å². The monoisotopic (exact) mass is 342 g/mol. The minimum Gasteiger partial charge on any atom is -0.381 e. The Hall–Kier alpha value is -1.08. The lowest BCUT2D eigenvalue weighted by Gasteiger charge is -2.28. The Morgan fingerprint density at radius 3 is 2.28 bits per heavy atom. The van der Waals surface area contributed by atoms with Crippen molar-refractivity contribution in [2.75, 3.05) is 13.2 Å². The Morgan fingerprint density at radius 2 is 1.68 bits per heavy atom. The lowest BCUT2D eigenvalue weighted by Crippen LogP contribution is -2.13. The van der Waals surface area contributed by atoms with Crippen LogP contribution in [0.15, 0.2) is 30.3 Å². The van der Waals surface area contributed by atoms with E-state index in [0.717, 1.165) is 44.3 Å². The molecule has 0 N–H and O–H groups in total. The minimum absolute atomic E-state index is 0.786. The van der Waals surface area contributed by atoms with Gasteiger partial charge in [0.1, 0.15) is 0 Å². The van der Waals surface area contributed by atoms with Gasteiger partial charge in [-0.1, -0.05) is 64.0 Å². The summed E-state index contributed by atoms with van der Waals surface area (Å²) in [5, 5.41) is 0. The number of ether oxygens (including phenoxy) is 1. The van der Waals surface area contributed by atoms with Crippen molar-refractivity contribution in [1.82, 2.24) is 0 Å². The third-order valence-electron chi connectivity index (χ3n) is 5.61. The van der Waals surface area contributed by atoms with E-state index in [0.29, 0.717) is 0 Å². The maximum Gasteiger partial charge on any atom is 0.0506 e. The van der Waals surface area contributed by atoms with Gasteiger partial charge in [-0.2, -0.15) is 0 Å². The van der Waals surface area contributed by atoms with Crippen molar-refractivity contribution in [3.8, 4) is 0 Å². The largest absolute Gasteiger partial charge is 0.381 e. The van der Waals surface area contributed by atoms with Gasteiger partial charge < -0.3 is 4.74 Å². The van der Waals surface area contributed by atoms with Crippen LogP contribution in [-0.4, -0.2) is 13.2 Å². The fourth-order valence-corrected chi connectivity index (χ4v) is 4.20. The molecule has 1 aliphatic rings. The quantitative estimate of drug-likeness (QED) is 0.403. The summed E-state index contributed by atoms with van der Waals surface area (Å²) in [5.41, 5.74) is 4.37. The molecule has 1 nitrogen and oxygen atoms in total. The van der Waals surface area contributed by atoms with Gasteiger partial charge in [0.25, 0.3) is 0 Å². The van der Waals surface area contributed by atoms with E-state index in [1.807, 2.05) is 0 Å². The molecule has 0 atom stereocenters. The minimum atomic E-state index is 0.786. The van der Waals surface area contributed by atoms with E-state index in [9.17, 15) is 0 Å². The van der Waals surface area contributed by atoms with Crippen molar-refractivity contribution >= 4 is 5.57 Å². The van der Waals surface area contributed by atoms with E-state index in [1.165, 1.54) is 49.7 Å². The molecule has 0 saturated heterocycles. The molecule has 2 rings (SSSR count). The average Bonchev–Trinajstić information content (AvgIpc) is 2.65. The molecular weight excluding hydrogens is 304 g/mol. The summed E-state index contributed by atoms with van der Waals surface area (Å²) in [7, 11) is 0. The summed E-state index contributed by atoms with van der Waals surface area (Å²) in [6.45, 7) is 8.41. The zero-order chi connectivity index (χ0) is 17.9. The van der Waals surface area contributed by atoms with Gasteiger partial charge in [0.15, 0.2) is 0 Å².